The van der Waals surface area contributed by atoms with Gasteiger partial charge in [0.15, 0.2) is 5.78 Å². The van der Waals surface area contributed by atoms with E-state index in [1.807, 2.05) is 0 Å². The van der Waals surface area contributed by atoms with Gasteiger partial charge in [-0.3, -0.25) is 9.69 Å². The Balaban J connectivity index is 1.79. The highest BCUT2D eigenvalue weighted by Crippen LogP contribution is 2.29. The Hall–Kier alpha value is -2.71. The van der Waals surface area contributed by atoms with Crippen LogP contribution >= 0.6 is 27.5 Å². The second kappa shape index (κ2) is 8.75. The molecule has 0 radical (unpaired) electrons. The van der Waals surface area contributed by atoms with Crippen LogP contribution in [0.1, 0.15) is 33.9 Å². The summed E-state index contributed by atoms with van der Waals surface area (Å²) in [4.78, 5) is 37.2. The molecule has 0 saturated carbocycles. The van der Waals surface area contributed by atoms with Crippen molar-refractivity contribution in [3.05, 3.63) is 80.7 Å². The molecule has 3 rings (SSSR count). The number of urea groups is 1. The number of amides is 2. The summed E-state index contributed by atoms with van der Waals surface area (Å²) < 4.78 is 13.8. The number of carbonyl (C=O) groups is 3. The summed E-state index contributed by atoms with van der Waals surface area (Å²) in [6.45, 7) is 0.0330. The third-order valence-corrected chi connectivity index (χ3v) is 5.49. The van der Waals surface area contributed by atoms with Gasteiger partial charge in [0, 0.05) is 23.6 Å². The molecule has 2 aromatic rings. The first kappa shape index (κ1) is 21.0. The Bertz CT molecular complexity index is 1010. The molecule has 1 unspecified atom stereocenters. The smallest absolute Gasteiger partial charge is 0.337 e. The van der Waals surface area contributed by atoms with Crippen molar-refractivity contribution in [1.82, 2.24) is 10.2 Å². The van der Waals surface area contributed by atoms with E-state index in [0.717, 1.165) is 0 Å². The summed E-state index contributed by atoms with van der Waals surface area (Å²) in [5.74, 6) is -1.73. The van der Waals surface area contributed by atoms with E-state index in [1.54, 1.807) is 0 Å². The second-order valence-electron chi connectivity index (χ2n) is 6.35. The lowest BCUT2D eigenvalue weighted by Gasteiger charge is -2.31. The molecule has 1 aliphatic rings. The highest BCUT2D eigenvalue weighted by Gasteiger charge is 2.28. The van der Waals surface area contributed by atoms with E-state index in [1.165, 1.54) is 53.6 Å². The maximum absolute atomic E-state index is 13.2. The van der Waals surface area contributed by atoms with Crippen LogP contribution in [-0.4, -0.2) is 27.8 Å². The third kappa shape index (κ3) is 4.83. The fourth-order valence-electron chi connectivity index (χ4n) is 2.95. The summed E-state index contributed by atoms with van der Waals surface area (Å²) in [5, 5.41) is 12.0. The van der Waals surface area contributed by atoms with E-state index >= 15 is 0 Å². The van der Waals surface area contributed by atoms with Crippen molar-refractivity contribution in [2.75, 3.05) is 0 Å². The molecule has 9 heteroatoms. The van der Waals surface area contributed by atoms with Crippen LogP contribution in [0.2, 0.25) is 5.02 Å². The lowest BCUT2D eigenvalue weighted by Crippen LogP contribution is -2.41. The number of carboxylic acids is 1. The van der Waals surface area contributed by atoms with Crippen molar-refractivity contribution in [1.29, 1.82) is 0 Å². The summed E-state index contributed by atoms with van der Waals surface area (Å²) in [6.07, 6.45) is 2.76. The molecule has 1 heterocycles. The molecule has 0 aromatic heterocycles. The zero-order valence-corrected chi connectivity index (χ0v) is 17.2. The molecule has 0 saturated heterocycles. The minimum atomic E-state index is -1.18. The number of ketones is 1. The number of nitrogens with zero attached hydrogens (tertiary/aromatic N) is 1. The average Bonchev–Trinajstić information content (AvgIpc) is 2.67. The Morgan fingerprint density at radius 3 is 2.62 bits per heavy atom. The molecular formula is C20H15BrClFN2O4. The maximum atomic E-state index is 13.2. The second-order valence-corrected chi connectivity index (χ2v) is 7.61. The molecule has 6 nitrogen and oxygen atoms in total. The minimum Gasteiger partial charge on any atom is -0.478 e. The van der Waals surface area contributed by atoms with Crippen LogP contribution in [0.5, 0.6) is 0 Å². The van der Waals surface area contributed by atoms with Gasteiger partial charge in [-0.25, -0.2) is 14.0 Å². The standard InChI is InChI=1S/C20H15BrClFN2O4/c21-16-9-17(22)15(19(27)28)7-12(16)10-24-20(29)25-6-5-14(26)8-18(25)11-1-3-13(23)4-2-11/h1-7,9,18H,8,10H2,(H,24,29)(H,27,28). The number of nitrogens with one attached hydrogen (secondary N) is 1. The first-order chi connectivity index (χ1) is 13.8. The number of halogens is 3. The number of carboxylic acid groups (broad SMARTS) is 1. The molecule has 0 bridgehead atoms. The zero-order chi connectivity index (χ0) is 21.1. The van der Waals surface area contributed by atoms with Crippen molar-refractivity contribution >= 4 is 45.3 Å². The Morgan fingerprint density at radius 2 is 1.97 bits per heavy atom. The van der Waals surface area contributed by atoms with E-state index in [4.69, 9.17) is 11.6 Å². The largest absolute Gasteiger partial charge is 0.478 e. The Kier molecular flexibility index (Phi) is 6.34. The summed E-state index contributed by atoms with van der Waals surface area (Å²) >= 11 is 9.22. The molecule has 2 N–H and O–H groups in total. The zero-order valence-electron chi connectivity index (χ0n) is 14.9. The van der Waals surface area contributed by atoms with Gasteiger partial charge in [0.25, 0.3) is 0 Å². The van der Waals surface area contributed by atoms with Crippen molar-refractivity contribution in [2.45, 2.75) is 19.0 Å². The highest BCUT2D eigenvalue weighted by molar-refractivity contribution is 9.10. The van der Waals surface area contributed by atoms with Crippen LogP contribution in [0, 0.1) is 5.82 Å². The van der Waals surface area contributed by atoms with Gasteiger partial charge in [0.05, 0.1) is 16.6 Å². The third-order valence-electron chi connectivity index (χ3n) is 4.44. The van der Waals surface area contributed by atoms with Gasteiger partial charge in [-0.2, -0.15) is 0 Å². The molecule has 1 aliphatic heterocycles. The van der Waals surface area contributed by atoms with Gasteiger partial charge in [-0.1, -0.05) is 39.7 Å². The van der Waals surface area contributed by atoms with Gasteiger partial charge < -0.3 is 10.4 Å². The average molecular weight is 482 g/mol. The van der Waals surface area contributed by atoms with Crippen LogP contribution < -0.4 is 5.32 Å². The number of hydrogen-bond acceptors (Lipinski definition) is 3. The van der Waals surface area contributed by atoms with E-state index in [-0.39, 0.29) is 29.3 Å². The first-order valence-corrected chi connectivity index (χ1v) is 9.67. The predicted octanol–water partition coefficient (Wildman–Crippen LogP) is 4.68. The van der Waals surface area contributed by atoms with E-state index in [2.05, 4.69) is 21.2 Å². The Labute approximate surface area is 179 Å². The topological polar surface area (TPSA) is 86.7 Å². The van der Waals surface area contributed by atoms with Crippen LogP contribution in [0.25, 0.3) is 0 Å². The van der Waals surface area contributed by atoms with Crippen LogP contribution in [0.15, 0.2) is 53.1 Å². The van der Waals surface area contributed by atoms with Crippen LogP contribution in [-0.2, 0) is 11.3 Å². The highest BCUT2D eigenvalue weighted by atomic mass is 79.9. The van der Waals surface area contributed by atoms with E-state index < -0.39 is 23.9 Å². The van der Waals surface area contributed by atoms with Crippen molar-refractivity contribution in [3.63, 3.8) is 0 Å². The fraction of sp³-hybridized carbons (Fsp3) is 0.150. The van der Waals surface area contributed by atoms with Crippen LogP contribution in [0.3, 0.4) is 0 Å². The summed E-state index contributed by atoms with van der Waals surface area (Å²) in [6, 6.07) is 7.37. The first-order valence-electron chi connectivity index (χ1n) is 8.50. The van der Waals surface area contributed by atoms with Gasteiger partial charge in [0.1, 0.15) is 5.82 Å². The van der Waals surface area contributed by atoms with Gasteiger partial charge in [-0.05, 0) is 41.5 Å². The number of hydrogen-bond donors (Lipinski definition) is 2. The normalized spacial score (nSPS) is 16.0. The number of allylic oxidation sites excluding steroid dienone is 1. The molecule has 150 valence electrons. The van der Waals surface area contributed by atoms with Crippen molar-refractivity contribution < 1.29 is 23.9 Å². The van der Waals surface area contributed by atoms with Gasteiger partial charge in [0.2, 0.25) is 0 Å². The number of rotatable bonds is 4. The molecule has 2 aromatic carbocycles. The summed E-state index contributed by atoms with van der Waals surface area (Å²) in [7, 11) is 0. The molecular weight excluding hydrogens is 467 g/mol. The maximum Gasteiger partial charge on any atom is 0.337 e. The lowest BCUT2D eigenvalue weighted by atomic mass is 9.97. The molecule has 1 atom stereocenters. The lowest BCUT2D eigenvalue weighted by molar-refractivity contribution is -0.116. The Morgan fingerprint density at radius 1 is 1.28 bits per heavy atom. The number of aromatic carboxylic acids is 1. The van der Waals surface area contributed by atoms with E-state index in [0.29, 0.717) is 15.6 Å². The van der Waals surface area contributed by atoms with Crippen LogP contribution in [0.4, 0.5) is 9.18 Å². The SMILES string of the molecule is O=C1C=CN(C(=O)NCc2cc(C(=O)O)c(Cl)cc2Br)C(c2ccc(F)cc2)C1. The monoisotopic (exact) mass is 480 g/mol. The molecule has 2 amide bonds. The van der Waals surface area contributed by atoms with Gasteiger partial charge >= 0.3 is 12.0 Å². The number of benzene rings is 2. The van der Waals surface area contributed by atoms with Crippen molar-refractivity contribution in [2.24, 2.45) is 0 Å². The quantitative estimate of drug-likeness (QED) is 0.664. The molecule has 29 heavy (non-hydrogen) atoms. The minimum absolute atomic E-state index is 0.0330. The molecule has 0 spiro atoms. The molecule has 0 aliphatic carbocycles. The number of carbonyl (C=O) groups excluding carboxylic acids is 2. The van der Waals surface area contributed by atoms with Crippen molar-refractivity contribution in [3.8, 4) is 0 Å². The fourth-order valence-corrected chi connectivity index (χ4v) is 3.81. The molecule has 0 fully saturated rings. The van der Waals surface area contributed by atoms with E-state index in [9.17, 15) is 23.9 Å². The predicted molar refractivity (Wildman–Crippen MR) is 108 cm³/mol. The summed E-state index contributed by atoms with van der Waals surface area (Å²) in [5.41, 5.74) is 1.07. The van der Waals surface area contributed by atoms with Gasteiger partial charge in [-0.15, -0.1) is 0 Å².